The fourth-order valence-electron chi connectivity index (χ4n) is 1.75. The molecule has 1 amide bonds. The summed E-state index contributed by atoms with van der Waals surface area (Å²) in [5.41, 5.74) is 1.40. The largest absolute Gasteiger partial charge is 0.375 e. The van der Waals surface area contributed by atoms with E-state index in [0.717, 1.165) is 5.56 Å². The number of nitrogens with one attached hydrogen (secondary N) is 1. The van der Waals surface area contributed by atoms with Gasteiger partial charge in [0.05, 0.1) is 10.6 Å². The van der Waals surface area contributed by atoms with Gasteiger partial charge in [0, 0.05) is 18.7 Å². The van der Waals surface area contributed by atoms with Crippen molar-refractivity contribution in [3.63, 3.8) is 0 Å². The van der Waals surface area contributed by atoms with Crippen molar-refractivity contribution in [3.8, 4) is 0 Å². The van der Waals surface area contributed by atoms with E-state index in [1.165, 1.54) is 0 Å². The van der Waals surface area contributed by atoms with Gasteiger partial charge in [0.15, 0.2) is 0 Å². The third kappa shape index (κ3) is 3.73. The van der Waals surface area contributed by atoms with Gasteiger partial charge in [-0.2, -0.15) is 11.3 Å². The summed E-state index contributed by atoms with van der Waals surface area (Å²) in [6.45, 7) is 0.370. The number of halogens is 2. The summed E-state index contributed by atoms with van der Waals surface area (Å²) in [6, 6.07) is 6.76. The Balaban J connectivity index is 2.03. The van der Waals surface area contributed by atoms with E-state index < -0.39 is 0 Å². The van der Waals surface area contributed by atoms with E-state index in [1.54, 1.807) is 36.6 Å². The zero-order chi connectivity index (χ0) is 14.5. The van der Waals surface area contributed by atoms with Crippen molar-refractivity contribution >= 4 is 40.4 Å². The number of thiophene rings is 1. The Morgan fingerprint density at radius 1 is 1.40 bits per heavy atom. The number of methoxy groups -OCH3 is 1. The number of hydrogen-bond donors (Lipinski definition) is 1. The van der Waals surface area contributed by atoms with Crippen LogP contribution in [-0.4, -0.2) is 19.6 Å². The Morgan fingerprint density at radius 2 is 2.20 bits per heavy atom. The van der Waals surface area contributed by atoms with Crippen molar-refractivity contribution in [1.29, 1.82) is 0 Å². The lowest BCUT2D eigenvalue weighted by molar-refractivity contribution is 0.0829. The zero-order valence-corrected chi connectivity index (χ0v) is 13.1. The highest BCUT2D eigenvalue weighted by molar-refractivity contribution is 7.07. The Hall–Kier alpha value is -1.07. The van der Waals surface area contributed by atoms with Crippen molar-refractivity contribution in [2.75, 3.05) is 13.7 Å². The number of carbonyl (C=O) groups excluding carboxylic acids is 1. The Bertz CT molecular complexity index is 587. The molecule has 1 unspecified atom stereocenters. The molecule has 1 N–H and O–H groups in total. The third-order valence-corrected chi connectivity index (χ3v) is 4.09. The maximum absolute atomic E-state index is 12.1. The van der Waals surface area contributed by atoms with Crippen LogP contribution < -0.4 is 5.32 Å². The fraction of sp³-hybridized carbons (Fsp3) is 0.214. The van der Waals surface area contributed by atoms with Gasteiger partial charge in [-0.3, -0.25) is 4.79 Å². The van der Waals surface area contributed by atoms with E-state index in [4.69, 9.17) is 27.9 Å². The van der Waals surface area contributed by atoms with Crippen LogP contribution in [0.4, 0.5) is 0 Å². The summed E-state index contributed by atoms with van der Waals surface area (Å²) in [6.07, 6.45) is -0.178. The van der Waals surface area contributed by atoms with E-state index in [-0.39, 0.29) is 12.0 Å². The summed E-state index contributed by atoms with van der Waals surface area (Å²) in [5.74, 6) is -0.269. The lowest BCUT2D eigenvalue weighted by atomic mass is 10.1. The number of hydrogen-bond acceptors (Lipinski definition) is 3. The monoisotopic (exact) mass is 329 g/mol. The fourth-order valence-corrected chi connectivity index (χ4v) is 2.82. The summed E-state index contributed by atoms with van der Waals surface area (Å²) < 4.78 is 5.37. The van der Waals surface area contributed by atoms with Crippen molar-refractivity contribution in [3.05, 3.63) is 56.2 Å². The minimum atomic E-state index is -0.269. The van der Waals surface area contributed by atoms with Gasteiger partial charge in [-0.05, 0) is 40.6 Å². The molecule has 0 spiro atoms. The highest BCUT2D eigenvalue weighted by atomic mass is 35.5. The van der Waals surface area contributed by atoms with E-state index in [0.29, 0.717) is 22.2 Å². The molecule has 3 nitrogen and oxygen atoms in total. The summed E-state index contributed by atoms with van der Waals surface area (Å²) >= 11 is 13.4. The van der Waals surface area contributed by atoms with Gasteiger partial charge in [-0.1, -0.05) is 23.2 Å². The first-order valence-corrected chi connectivity index (χ1v) is 7.60. The first-order chi connectivity index (χ1) is 9.61. The average molecular weight is 330 g/mol. The quantitative estimate of drug-likeness (QED) is 0.893. The van der Waals surface area contributed by atoms with Crippen molar-refractivity contribution < 1.29 is 9.53 Å². The molecule has 0 aliphatic rings. The van der Waals surface area contributed by atoms with Crippen LogP contribution in [0.2, 0.25) is 10.0 Å². The SMILES string of the molecule is COC(CNC(=O)c1cc(Cl)ccc1Cl)c1ccsc1. The van der Waals surface area contributed by atoms with Gasteiger partial charge in [0.25, 0.3) is 5.91 Å². The van der Waals surface area contributed by atoms with Crippen LogP contribution in [0.3, 0.4) is 0 Å². The molecule has 1 aromatic carbocycles. The Morgan fingerprint density at radius 3 is 2.85 bits per heavy atom. The van der Waals surface area contributed by atoms with E-state index in [9.17, 15) is 4.79 Å². The first kappa shape index (κ1) is 15.3. The molecule has 1 aromatic heterocycles. The van der Waals surface area contributed by atoms with E-state index >= 15 is 0 Å². The molecule has 20 heavy (non-hydrogen) atoms. The minimum absolute atomic E-state index is 0.178. The van der Waals surface area contributed by atoms with Crippen molar-refractivity contribution in [1.82, 2.24) is 5.32 Å². The lowest BCUT2D eigenvalue weighted by Gasteiger charge is -2.15. The highest BCUT2D eigenvalue weighted by Crippen LogP contribution is 2.22. The summed E-state index contributed by atoms with van der Waals surface area (Å²) in [4.78, 5) is 12.1. The number of amides is 1. The Labute approximate surface area is 131 Å². The maximum Gasteiger partial charge on any atom is 0.252 e. The normalized spacial score (nSPS) is 12.2. The molecule has 0 bridgehead atoms. The molecular formula is C14H13Cl2NO2S. The molecule has 0 radical (unpaired) electrons. The van der Waals surface area contributed by atoms with Gasteiger partial charge in [0.2, 0.25) is 0 Å². The van der Waals surface area contributed by atoms with Gasteiger partial charge >= 0.3 is 0 Å². The molecule has 0 saturated carbocycles. The third-order valence-electron chi connectivity index (χ3n) is 2.82. The van der Waals surface area contributed by atoms with Gasteiger partial charge in [-0.15, -0.1) is 0 Å². The topological polar surface area (TPSA) is 38.3 Å². The maximum atomic E-state index is 12.1. The minimum Gasteiger partial charge on any atom is -0.375 e. The highest BCUT2D eigenvalue weighted by Gasteiger charge is 2.15. The molecule has 1 atom stereocenters. The molecule has 0 aliphatic carbocycles. The molecule has 0 aliphatic heterocycles. The van der Waals surface area contributed by atoms with Crippen LogP contribution in [0.1, 0.15) is 22.0 Å². The molecular weight excluding hydrogens is 317 g/mol. The molecule has 2 aromatic rings. The summed E-state index contributed by atoms with van der Waals surface area (Å²) in [7, 11) is 1.61. The van der Waals surface area contributed by atoms with Crippen LogP contribution in [-0.2, 0) is 4.74 Å². The van der Waals surface area contributed by atoms with E-state index in [1.807, 2.05) is 16.8 Å². The summed E-state index contributed by atoms with van der Waals surface area (Å²) in [5, 5.41) is 7.61. The predicted molar refractivity (Wildman–Crippen MR) is 82.9 cm³/mol. The van der Waals surface area contributed by atoms with Crippen molar-refractivity contribution in [2.45, 2.75) is 6.10 Å². The number of ether oxygens (including phenoxy) is 1. The number of benzene rings is 1. The van der Waals surface area contributed by atoms with Gasteiger partial charge in [0.1, 0.15) is 6.10 Å². The molecule has 1 heterocycles. The predicted octanol–water partition coefficient (Wildman–Crippen LogP) is 4.17. The van der Waals surface area contributed by atoms with Crippen molar-refractivity contribution in [2.24, 2.45) is 0 Å². The zero-order valence-electron chi connectivity index (χ0n) is 10.7. The van der Waals surface area contributed by atoms with Crippen LogP contribution in [0.25, 0.3) is 0 Å². The van der Waals surface area contributed by atoms with Gasteiger partial charge < -0.3 is 10.1 Å². The second-order valence-corrected chi connectivity index (χ2v) is 5.74. The standard InChI is InChI=1S/C14H13Cl2NO2S/c1-19-13(9-4-5-20-8-9)7-17-14(18)11-6-10(15)2-3-12(11)16/h2-6,8,13H,7H2,1H3,(H,17,18). The lowest BCUT2D eigenvalue weighted by Crippen LogP contribution is -2.29. The number of carbonyl (C=O) groups is 1. The van der Waals surface area contributed by atoms with Crippen LogP contribution in [0, 0.1) is 0 Å². The second kappa shape index (κ2) is 7.09. The van der Waals surface area contributed by atoms with Crippen LogP contribution >= 0.6 is 34.5 Å². The molecule has 6 heteroatoms. The van der Waals surface area contributed by atoms with E-state index in [2.05, 4.69) is 5.32 Å². The number of rotatable bonds is 5. The smallest absolute Gasteiger partial charge is 0.252 e. The molecule has 0 fully saturated rings. The second-order valence-electron chi connectivity index (χ2n) is 4.12. The molecule has 0 saturated heterocycles. The average Bonchev–Trinajstić information content (AvgIpc) is 2.96. The van der Waals surface area contributed by atoms with Gasteiger partial charge in [-0.25, -0.2) is 0 Å². The Kier molecular flexibility index (Phi) is 5.43. The first-order valence-electron chi connectivity index (χ1n) is 5.90. The van der Waals surface area contributed by atoms with Crippen LogP contribution in [0.5, 0.6) is 0 Å². The molecule has 106 valence electrons. The molecule has 2 rings (SSSR count). The van der Waals surface area contributed by atoms with Crippen LogP contribution in [0.15, 0.2) is 35.0 Å².